The predicted molar refractivity (Wildman–Crippen MR) is 68.9 cm³/mol. The van der Waals surface area contributed by atoms with E-state index in [2.05, 4.69) is 10.1 Å². The minimum absolute atomic E-state index is 0.0699. The largest absolute Gasteiger partial charge is 0.478 e. The topological polar surface area (TPSA) is 95.2 Å². The molecule has 104 valence electrons. The summed E-state index contributed by atoms with van der Waals surface area (Å²) in [6, 6.07) is 2.71. The number of likely N-dealkylation sites (N-methyl/N-ethyl adjacent to an activating group) is 1. The van der Waals surface area contributed by atoms with Crippen molar-refractivity contribution < 1.29 is 19.8 Å². The van der Waals surface area contributed by atoms with E-state index >= 15 is 0 Å². The smallest absolute Gasteiger partial charge is 0.335 e. The van der Waals surface area contributed by atoms with Gasteiger partial charge in [0.15, 0.2) is 0 Å². The molecule has 7 heteroatoms. The van der Waals surface area contributed by atoms with E-state index in [1.807, 2.05) is 19.0 Å². The third kappa shape index (κ3) is 5.02. The molecule has 1 aromatic heterocycles. The molecule has 0 aliphatic carbocycles. The van der Waals surface area contributed by atoms with Crippen LogP contribution in [0.4, 0.5) is 0 Å². The molecular weight excluding hydrogens is 250 g/mol. The first-order chi connectivity index (χ1) is 9.04. The van der Waals surface area contributed by atoms with Crippen LogP contribution in [0.1, 0.15) is 16.1 Å². The van der Waals surface area contributed by atoms with E-state index in [1.165, 1.54) is 18.3 Å². The molecule has 0 saturated heterocycles. The first-order valence-electron chi connectivity index (χ1n) is 5.67. The van der Waals surface area contributed by atoms with Crippen LogP contribution in [0.15, 0.2) is 23.5 Å². The van der Waals surface area contributed by atoms with Crippen LogP contribution in [0, 0.1) is 0 Å². The Labute approximate surface area is 111 Å². The zero-order valence-electron chi connectivity index (χ0n) is 10.9. The van der Waals surface area contributed by atoms with Crippen molar-refractivity contribution in [3.63, 3.8) is 0 Å². The molecular formula is C12H17N3O4. The Morgan fingerprint density at radius 2 is 2.26 bits per heavy atom. The zero-order valence-corrected chi connectivity index (χ0v) is 10.9. The molecule has 0 aliphatic rings. The van der Waals surface area contributed by atoms with Crippen LogP contribution in [0.25, 0.3) is 0 Å². The molecule has 1 rings (SSSR count). The maximum Gasteiger partial charge on any atom is 0.335 e. The summed E-state index contributed by atoms with van der Waals surface area (Å²) in [6.45, 7) is 1.28. The minimum atomic E-state index is -1.06. The monoisotopic (exact) mass is 267 g/mol. The van der Waals surface area contributed by atoms with Crippen molar-refractivity contribution in [2.24, 2.45) is 5.16 Å². The van der Waals surface area contributed by atoms with Crippen molar-refractivity contribution in [3.05, 3.63) is 29.6 Å². The predicted octanol–water partition coefficient (Wildman–Crippen LogP) is 0.536. The number of carboxylic acids is 1. The van der Waals surface area contributed by atoms with Gasteiger partial charge in [-0.2, -0.15) is 0 Å². The SMILES string of the molecule is CN(C)CCOC/C(=N\O)c1cc(C(=O)O)ccn1. The number of hydrogen-bond donors (Lipinski definition) is 2. The molecule has 1 aromatic rings. The van der Waals surface area contributed by atoms with Gasteiger partial charge >= 0.3 is 5.97 Å². The van der Waals surface area contributed by atoms with E-state index in [-0.39, 0.29) is 23.6 Å². The lowest BCUT2D eigenvalue weighted by molar-refractivity contribution is 0.0696. The highest BCUT2D eigenvalue weighted by atomic mass is 16.5. The van der Waals surface area contributed by atoms with Crippen molar-refractivity contribution in [2.45, 2.75) is 0 Å². The van der Waals surface area contributed by atoms with Gasteiger partial charge in [0.2, 0.25) is 0 Å². The van der Waals surface area contributed by atoms with Crippen LogP contribution >= 0.6 is 0 Å². The fraction of sp³-hybridized carbons (Fsp3) is 0.417. The van der Waals surface area contributed by atoms with Crippen LogP contribution in [0.5, 0.6) is 0 Å². The molecule has 0 bridgehead atoms. The average molecular weight is 267 g/mol. The molecule has 0 radical (unpaired) electrons. The third-order valence-electron chi connectivity index (χ3n) is 2.34. The number of nitrogens with zero attached hydrogens (tertiary/aromatic N) is 3. The number of pyridine rings is 1. The maximum atomic E-state index is 10.8. The number of aromatic nitrogens is 1. The van der Waals surface area contributed by atoms with E-state index in [9.17, 15) is 4.79 Å². The Hall–Kier alpha value is -1.99. The van der Waals surface area contributed by atoms with Gasteiger partial charge in [-0.15, -0.1) is 0 Å². The molecule has 0 spiro atoms. The van der Waals surface area contributed by atoms with Crippen LogP contribution in [-0.2, 0) is 4.74 Å². The standard InChI is InChI=1S/C12H17N3O4/c1-15(2)5-6-19-8-11(14-18)10-7-9(12(16)17)3-4-13-10/h3-4,7,18H,5-6,8H2,1-2H3,(H,16,17)/b14-11+. The second-order valence-electron chi connectivity index (χ2n) is 4.14. The second kappa shape index (κ2) is 7.45. The van der Waals surface area contributed by atoms with Crippen LogP contribution < -0.4 is 0 Å². The summed E-state index contributed by atoms with van der Waals surface area (Å²) in [7, 11) is 3.84. The van der Waals surface area contributed by atoms with Gasteiger partial charge in [0.05, 0.1) is 24.5 Å². The normalized spacial score (nSPS) is 11.8. The molecule has 1 heterocycles. The fourth-order valence-corrected chi connectivity index (χ4v) is 1.29. The number of oxime groups is 1. The van der Waals surface area contributed by atoms with Gasteiger partial charge < -0.3 is 20.0 Å². The van der Waals surface area contributed by atoms with Gasteiger partial charge in [-0.25, -0.2) is 4.79 Å². The average Bonchev–Trinajstić information content (AvgIpc) is 2.38. The van der Waals surface area contributed by atoms with E-state index in [4.69, 9.17) is 15.1 Å². The number of carbonyl (C=O) groups is 1. The zero-order chi connectivity index (χ0) is 14.3. The van der Waals surface area contributed by atoms with E-state index in [0.29, 0.717) is 6.61 Å². The van der Waals surface area contributed by atoms with Crippen molar-refractivity contribution >= 4 is 11.7 Å². The maximum absolute atomic E-state index is 10.8. The van der Waals surface area contributed by atoms with E-state index in [0.717, 1.165) is 6.54 Å². The van der Waals surface area contributed by atoms with Crippen LogP contribution in [-0.4, -0.2) is 65.7 Å². The van der Waals surface area contributed by atoms with E-state index in [1.54, 1.807) is 0 Å². The summed E-state index contributed by atoms with van der Waals surface area (Å²) in [5.74, 6) is -1.06. The summed E-state index contributed by atoms with van der Waals surface area (Å²) < 4.78 is 5.33. The minimum Gasteiger partial charge on any atom is -0.478 e. The Kier molecular flexibility index (Phi) is 5.91. The molecule has 0 unspecified atom stereocenters. The van der Waals surface area contributed by atoms with Gasteiger partial charge in [0.1, 0.15) is 5.71 Å². The first kappa shape index (κ1) is 15.1. The van der Waals surface area contributed by atoms with Crippen molar-refractivity contribution in [2.75, 3.05) is 33.9 Å². The lowest BCUT2D eigenvalue weighted by Crippen LogP contribution is -2.21. The molecule has 0 atom stereocenters. The number of aromatic carboxylic acids is 1. The molecule has 0 fully saturated rings. The highest BCUT2D eigenvalue weighted by Crippen LogP contribution is 2.04. The van der Waals surface area contributed by atoms with E-state index < -0.39 is 5.97 Å². The summed E-state index contributed by atoms with van der Waals surface area (Å²) >= 11 is 0. The number of ether oxygens (including phenoxy) is 1. The lowest BCUT2D eigenvalue weighted by Gasteiger charge is -2.10. The Balaban J connectivity index is 2.65. The third-order valence-corrected chi connectivity index (χ3v) is 2.34. The molecule has 0 aromatic carbocycles. The van der Waals surface area contributed by atoms with Gasteiger partial charge in [-0.1, -0.05) is 5.16 Å². The summed E-state index contributed by atoms with van der Waals surface area (Å²) in [5.41, 5.74) is 0.563. The quantitative estimate of drug-likeness (QED) is 0.324. The van der Waals surface area contributed by atoms with Gasteiger partial charge in [-0.05, 0) is 26.2 Å². The van der Waals surface area contributed by atoms with Crippen LogP contribution in [0.2, 0.25) is 0 Å². The van der Waals surface area contributed by atoms with Crippen molar-refractivity contribution in [1.82, 2.24) is 9.88 Å². The van der Waals surface area contributed by atoms with Gasteiger partial charge in [-0.3, -0.25) is 4.98 Å². The highest BCUT2D eigenvalue weighted by molar-refractivity contribution is 6.01. The molecule has 2 N–H and O–H groups in total. The number of hydrogen-bond acceptors (Lipinski definition) is 6. The van der Waals surface area contributed by atoms with Gasteiger partial charge in [0, 0.05) is 12.7 Å². The first-order valence-corrected chi connectivity index (χ1v) is 5.67. The molecule has 7 nitrogen and oxygen atoms in total. The molecule has 0 saturated carbocycles. The summed E-state index contributed by atoms with van der Waals surface area (Å²) in [5, 5.41) is 20.9. The number of rotatable bonds is 7. The Bertz CT molecular complexity index is 460. The molecule has 0 aliphatic heterocycles. The molecule has 19 heavy (non-hydrogen) atoms. The second-order valence-corrected chi connectivity index (χ2v) is 4.14. The number of carboxylic acid groups (broad SMARTS) is 1. The van der Waals surface area contributed by atoms with Crippen molar-refractivity contribution in [1.29, 1.82) is 0 Å². The van der Waals surface area contributed by atoms with Gasteiger partial charge in [0.25, 0.3) is 0 Å². The summed E-state index contributed by atoms with van der Waals surface area (Å²) in [4.78, 5) is 16.8. The fourth-order valence-electron chi connectivity index (χ4n) is 1.29. The summed E-state index contributed by atoms with van der Waals surface area (Å²) in [6.07, 6.45) is 1.35. The Morgan fingerprint density at radius 1 is 1.53 bits per heavy atom. The molecule has 0 amide bonds. The lowest BCUT2D eigenvalue weighted by atomic mass is 10.2. The Morgan fingerprint density at radius 3 is 2.84 bits per heavy atom. The highest BCUT2D eigenvalue weighted by Gasteiger charge is 2.10. The van der Waals surface area contributed by atoms with Crippen molar-refractivity contribution in [3.8, 4) is 0 Å². The van der Waals surface area contributed by atoms with Crippen LogP contribution in [0.3, 0.4) is 0 Å².